The molecule has 0 atom stereocenters. The minimum atomic E-state index is 0.178. The normalized spacial score (nSPS) is 10.9. The summed E-state index contributed by atoms with van der Waals surface area (Å²) < 4.78 is 10.9. The second kappa shape index (κ2) is 4.72. The summed E-state index contributed by atoms with van der Waals surface area (Å²) in [7, 11) is 1.65. The first-order valence-electron chi connectivity index (χ1n) is 5.94. The lowest BCUT2D eigenvalue weighted by Crippen LogP contribution is -1.93. The molecule has 1 heterocycles. The van der Waals surface area contributed by atoms with E-state index >= 15 is 0 Å². The summed E-state index contributed by atoms with van der Waals surface area (Å²) >= 11 is 0. The Morgan fingerprint density at radius 2 is 2.06 bits per heavy atom. The molecule has 18 heavy (non-hydrogen) atoms. The van der Waals surface area contributed by atoms with Gasteiger partial charge in [0.05, 0.1) is 18.4 Å². The zero-order valence-corrected chi connectivity index (χ0v) is 11.2. The third-order valence-electron chi connectivity index (χ3n) is 2.95. The van der Waals surface area contributed by atoms with E-state index in [9.17, 15) is 0 Å². The number of benzene rings is 1. The standard InChI is InChI=1S/C14H18N2O2/c1-8(2)10-5-6-11(12(7-10)17-4)13-9(3)16-14(15)18-13/h5-8H,1-4H3,(H2,15,16). The zero-order chi connectivity index (χ0) is 13.3. The van der Waals surface area contributed by atoms with Gasteiger partial charge in [-0.25, -0.2) is 0 Å². The molecule has 2 rings (SSSR count). The highest BCUT2D eigenvalue weighted by Crippen LogP contribution is 2.35. The van der Waals surface area contributed by atoms with Crippen LogP contribution in [0.4, 0.5) is 6.01 Å². The van der Waals surface area contributed by atoms with E-state index in [0.29, 0.717) is 11.7 Å². The van der Waals surface area contributed by atoms with Gasteiger partial charge in [0.25, 0.3) is 6.01 Å². The highest BCUT2D eigenvalue weighted by Gasteiger charge is 2.15. The number of aryl methyl sites for hydroxylation is 1. The second-order valence-electron chi connectivity index (χ2n) is 4.58. The molecule has 4 nitrogen and oxygen atoms in total. The van der Waals surface area contributed by atoms with Crippen LogP contribution in [-0.4, -0.2) is 12.1 Å². The van der Waals surface area contributed by atoms with E-state index in [-0.39, 0.29) is 6.01 Å². The lowest BCUT2D eigenvalue weighted by molar-refractivity contribution is 0.414. The van der Waals surface area contributed by atoms with Crippen LogP contribution in [0.2, 0.25) is 0 Å². The maximum absolute atomic E-state index is 5.57. The van der Waals surface area contributed by atoms with Gasteiger partial charge in [-0.3, -0.25) is 0 Å². The third kappa shape index (κ3) is 2.18. The molecule has 4 heteroatoms. The van der Waals surface area contributed by atoms with Crippen molar-refractivity contribution in [2.75, 3.05) is 12.8 Å². The maximum atomic E-state index is 5.57. The van der Waals surface area contributed by atoms with Crippen molar-refractivity contribution < 1.29 is 9.15 Å². The molecule has 0 radical (unpaired) electrons. The molecule has 0 aliphatic rings. The van der Waals surface area contributed by atoms with Crippen LogP contribution in [0, 0.1) is 6.92 Å². The van der Waals surface area contributed by atoms with Crippen LogP contribution in [-0.2, 0) is 0 Å². The molecule has 1 aromatic heterocycles. The number of nitrogen functional groups attached to an aromatic ring is 1. The number of ether oxygens (including phenoxy) is 1. The van der Waals surface area contributed by atoms with Crippen LogP contribution >= 0.6 is 0 Å². The summed E-state index contributed by atoms with van der Waals surface area (Å²) in [6.07, 6.45) is 0. The molecule has 0 unspecified atom stereocenters. The Balaban J connectivity index is 2.54. The molecule has 2 N–H and O–H groups in total. The predicted molar refractivity (Wildman–Crippen MR) is 71.7 cm³/mol. The van der Waals surface area contributed by atoms with Crippen molar-refractivity contribution in [2.24, 2.45) is 0 Å². The van der Waals surface area contributed by atoms with Gasteiger partial charge in [0, 0.05) is 0 Å². The minimum Gasteiger partial charge on any atom is -0.496 e. The lowest BCUT2D eigenvalue weighted by Gasteiger charge is -2.11. The first-order chi connectivity index (χ1) is 8.52. The fourth-order valence-corrected chi connectivity index (χ4v) is 1.92. The molecule has 96 valence electrons. The van der Waals surface area contributed by atoms with E-state index in [4.69, 9.17) is 14.9 Å². The van der Waals surface area contributed by atoms with Gasteiger partial charge in [-0.2, -0.15) is 4.98 Å². The Hall–Kier alpha value is -1.97. The predicted octanol–water partition coefficient (Wildman–Crippen LogP) is 3.36. The van der Waals surface area contributed by atoms with Crippen molar-refractivity contribution in [1.29, 1.82) is 0 Å². The molecule has 0 amide bonds. The van der Waals surface area contributed by atoms with Crippen LogP contribution in [0.1, 0.15) is 31.0 Å². The van der Waals surface area contributed by atoms with Gasteiger partial charge in [0.1, 0.15) is 5.75 Å². The minimum absolute atomic E-state index is 0.178. The molecular formula is C14H18N2O2. The highest BCUT2D eigenvalue weighted by molar-refractivity contribution is 5.69. The Morgan fingerprint density at radius 1 is 1.33 bits per heavy atom. The van der Waals surface area contributed by atoms with E-state index in [1.54, 1.807) is 7.11 Å². The number of anilines is 1. The Morgan fingerprint density at radius 3 is 2.56 bits per heavy atom. The van der Waals surface area contributed by atoms with E-state index in [1.165, 1.54) is 5.56 Å². The summed E-state index contributed by atoms with van der Waals surface area (Å²) in [6.45, 7) is 6.16. The van der Waals surface area contributed by atoms with Crippen LogP contribution in [0.3, 0.4) is 0 Å². The van der Waals surface area contributed by atoms with Gasteiger partial charge in [0.2, 0.25) is 0 Å². The molecule has 0 fully saturated rings. The average molecular weight is 246 g/mol. The topological polar surface area (TPSA) is 61.3 Å². The number of nitrogens with two attached hydrogens (primary N) is 1. The average Bonchev–Trinajstić information content (AvgIpc) is 2.67. The van der Waals surface area contributed by atoms with Crippen LogP contribution in [0.5, 0.6) is 5.75 Å². The molecule has 1 aromatic carbocycles. The van der Waals surface area contributed by atoms with E-state index in [2.05, 4.69) is 24.9 Å². The first-order valence-corrected chi connectivity index (χ1v) is 5.94. The summed E-state index contributed by atoms with van der Waals surface area (Å²) in [5, 5.41) is 0. The van der Waals surface area contributed by atoms with E-state index in [1.807, 2.05) is 19.1 Å². The van der Waals surface area contributed by atoms with Crippen molar-refractivity contribution in [3.63, 3.8) is 0 Å². The molecule has 0 saturated heterocycles. The quantitative estimate of drug-likeness (QED) is 0.902. The number of hydrogen-bond acceptors (Lipinski definition) is 4. The summed E-state index contributed by atoms with van der Waals surface area (Å²) in [5.41, 5.74) is 8.44. The number of aromatic nitrogens is 1. The van der Waals surface area contributed by atoms with Crippen LogP contribution < -0.4 is 10.5 Å². The second-order valence-corrected chi connectivity index (χ2v) is 4.58. The molecule has 0 aliphatic carbocycles. The Kier molecular flexibility index (Phi) is 3.28. The maximum Gasteiger partial charge on any atom is 0.292 e. The molecule has 0 aliphatic heterocycles. The molecular weight excluding hydrogens is 228 g/mol. The van der Waals surface area contributed by atoms with Crippen LogP contribution in [0.25, 0.3) is 11.3 Å². The van der Waals surface area contributed by atoms with Gasteiger partial charge < -0.3 is 14.9 Å². The van der Waals surface area contributed by atoms with Gasteiger partial charge in [-0.15, -0.1) is 0 Å². The van der Waals surface area contributed by atoms with Gasteiger partial charge in [0.15, 0.2) is 5.76 Å². The summed E-state index contributed by atoms with van der Waals surface area (Å²) in [5.74, 6) is 1.90. The van der Waals surface area contributed by atoms with Crippen molar-refractivity contribution in [3.8, 4) is 17.1 Å². The van der Waals surface area contributed by atoms with Gasteiger partial charge in [-0.05, 0) is 30.5 Å². The van der Waals surface area contributed by atoms with Gasteiger partial charge >= 0.3 is 0 Å². The largest absolute Gasteiger partial charge is 0.496 e. The van der Waals surface area contributed by atoms with Crippen molar-refractivity contribution in [2.45, 2.75) is 26.7 Å². The number of nitrogens with zero attached hydrogens (tertiary/aromatic N) is 1. The summed E-state index contributed by atoms with van der Waals surface area (Å²) in [4.78, 5) is 4.08. The number of hydrogen-bond donors (Lipinski definition) is 1. The Labute approximate surface area is 107 Å². The molecule has 0 saturated carbocycles. The molecule has 0 bridgehead atoms. The number of methoxy groups -OCH3 is 1. The van der Waals surface area contributed by atoms with Crippen molar-refractivity contribution in [3.05, 3.63) is 29.5 Å². The lowest BCUT2D eigenvalue weighted by atomic mass is 10.00. The third-order valence-corrected chi connectivity index (χ3v) is 2.95. The molecule has 0 spiro atoms. The van der Waals surface area contributed by atoms with Crippen molar-refractivity contribution in [1.82, 2.24) is 4.98 Å². The first kappa shape index (κ1) is 12.5. The van der Waals surface area contributed by atoms with E-state index in [0.717, 1.165) is 17.0 Å². The summed E-state index contributed by atoms with van der Waals surface area (Å²) in [6, 6.07) is 6.26. The van der Waals surface area contributed by atoms with Crippen molar-refractivity contribution >= 4 is 6.01 Å². The van der Waals surface area contributed by atoms with Crippen LogP contribution in [0.15, 0.2) is 22.6 Å². The highest BCUT2D eigenvalue weighted by atomic mass is 16.5. The van der Waals surface area contributed by atoms with Gasteiger partial charge in [-0.1, -0.05) is 19.9 Å². The fraction of sp³-hybridized carbons (Fsp3) is 0.357. The zero-order valence-electron chi connectivity index (χ0n) is 11.2. The molecule has 2 aromatic rings. The fourth-order valence-electron chi connectivity index (χ4n) is 1.92. The smallest absolute Gasteiger partial charge is 0.292 e. The monoisotopic (exact) mass is 246 g/mol. The van der Waals surface area contributed by atoms with E-state index < -0.39 is 0 Å². The number of oxazole rings is 1. The Bertz CT molecular complexity index is 559. The SMILES string of the molecule is COc1cc(C(C)C)ccc1-c1oc(N)nc1C. The number of rotatable bonds is 3.